The number of carbonyl (C=O) groups is 2. The zero-order valence-electron chi connectivity index (χ0n) is 11.2. The van der Waals surface area contributed by atoms with E-state index in [1.165, 1.54) is 0 Å². The Hall–Kier alpha value is -1.14. The van der Waals surface area contributed by atoms with Gasteiger partial charge in [-0.2, -0.15) is 0 Å². The van der Waals surface area contributed by atoms with Gasteiger partial charge in [-0.1, -0.05) is 6.92 Å². The highest BCUT2D eigenvalue weighted by molar-refractivity contribution is 5.88. The molecule has 1 aliphatic heterocycles. The van der Waals surface area contributed by atoms with Crippen LogP contribution in [0.2, 0.25) is 0 Å². The minimum atomic E-state index is -0.382. The molecule has 0 bridgehead atoms. The normalized spacial score (nSPS) is 20.0. The van der Waals surface area contributed by atoms with Crippen molar-refractivity contribution in [1.29, 1.82) is 0 Å². The molecule has 1 atom stereocenters. The van der Waals surface area contributed by atoms with E-state index in [-0.39, 0.29) is 24.3 Å². The van der Waals surface area contributed by atoms with Gasteiger partial charge in [0.25, 0.3) is 0 Å². The molecular weight excluding hydrogens is 234 g/mol. The van der Waals surface area contributed by atoms with E-state index in [9.17, 15) is 9.59 Å². The highest BCUT2D eigenvalue weighted by Crippen LogP contribution is 2.05. The molecule has 1 heterocycles. The molecule has 1 saturated heterocycles. The molecule has 18 heavy (non-hydrogen) atoms. The lowest BCUT2D eigenvalue weighted by Crippen LogP contribution is -2.56. The molecule has 1 rings (SSSR count). The molecule has 0 aromatic heterocycles. The predicted molar refractivity (Wildman–Crippen MR) is 68.2 cm³/mol. The summed E-state index contributed by atoms with van der Waals surface area (Å²) < 4.78 is 4.85. The SMILES string of the molecule is CCCN1CCNC(CC(=O)NCCOC)C1=O. The molecule has 2 amide bonds. The first-order valence-electron chi connectivity index (χ1n) is 6.46. The largest absolute Gasteiger partial charge is 0.383 e. The number of rotatable bonds is 7. The van der Waals surface area contributed by atoms with Gasteiger partial charge in [0.1, 0.15) is 0 Å². The van der Waals surface area contributed by atoms with Crippen LogP contribution < -0.4 is 10.6 Å². The van der Waals surface area contributed by atoms with Crippen LogP contribution in [-0.2, 0) is 14.3 Å². The number of methoxy groups -OCH3 is 1. The summed E-state index contributed by atoms with van der Waals surface area (Å²) in [4.78, 5) is 25.5. The fourth-order valence-electron chi connectivity index (χ4n) is 1.99. The molecule has 0 aromatic carbocycles. The van der Waals surface area contributed by atoms with E-state index in [0.717, 1.165) is 26.1 Å². The molecule has 0 saturated carbocycles. The summed E-state index contributed by atoms with van der Waals surface area (Å²) >= 11 is 0. The second-order valence-corrected chi connectivity index (χ2v) is 4.38. The lowest BCUT2D eigenvalue weighted by atomic mass is 10.1. The van der Waals surface area contributed by atoms with Crippen LogP contribution in [-0.4, -0.2) is 62.7 Å². The Morgan fingerprint density at radius 3 is 3.06 bits per heavy atom. The van der Waals surface area contributed by atoms with Gasteiger partial charge in [-0.15, -0.1) is 0 Å². The summed E-state index contributed by atoms with van der Waals surface area (Å²) in [7, 11) is 1.58. The standard InChI is InChI=1S/C12H23N3O3/c1-3-6-15-7-4-13-10(12(15)17)9-11(16)14-5-8-18-2/h10,13H,3-9H2,1-2H3,(H,14,16). The van der Waals surface area contributed by atoms with Crippen LogP contribution in [0.5, 0.6) is 0 Å². The van der Waals surface area contributed by atoms with Gasteiger partial charge >= 0.3 is 0 Å². The molecule has 0 aromatic rings. The van der Waals surface area contributed by atoms with Crippen LogP contribution in [0.15, 0.2) is 0 Å². The number of nitrogens with one attached hydrogen (secondary N) is 2. The smallest absolute Gasteiger partial charge is 0.240 e. The average Bonchev–Trinajstić information content (AvgIpc) is 2.35. The maximum absolute atomic E-state index is 12.0. The maximum atomic E-state index is 12.0. The van der Waals surface area contributed by atoms with Gasteiger partial charge in [0, 0.05) is 33.3 Å². The minimum Gasteiger partial charge on any atom is -0.383 e. The van der Waals surface area contributed by atoms with Gasteiger partial charge in [-0.25, -0.2) is 0 Å². The Morgan fingerprint density at radius 2 is 2.39 bits per heavy atom. The van der Waals surface area contributed by atoms with Crippen molar-refractivity contribution in [2.24, 2.45) is 0 Å². The Morgan fingerprint density at radius 1 is 1.61 bits per heavy atom. The molecule has 1 aliphatic rings. The number of carbonyl (C=O) groups excluding carboxylic acids is 2. The summed E-state index contributed by atoms with van der Waals surface area (Å²) in [5.74, 6) is -0.0822. The molecule has 1 unspecified atom stereocenters. The molecule has 6 heteroatoms. The van der Waals surface area contributed by atoms with Crippen molar-refractivity contribution in [1.82, 2.24) is 15.5 Å². The van der Waals surface area contributed by atoms with Crippen LogP contribution in [0.4, 0.5) is 0 Å². The summed E-state index contributed by atoms with van der Waals surface area (Å²) in [5, 5.41) is 5.82. The Kier molecular flexibility index (Phi) is 6.67. The molecule has 0 radical (unpaired) electrons. The van der Waals surface area contributed by atoms with E-state index < -0.39 is 0 Å². The Bertz CT molecular complexity index is 282. The molecule has 6 nitrogen and oxygen atoms in total. The van der Waals surface area contributed by atoms with Gasteiger partial charge in [0.2, 0.25) is 11.8 Å². The summed E-state index contributed by atoms with van der Waals surface area (Å²) in [6.07, 6.45) is 1.14. The monoisotopic (exact) mass is 257 g/mol. The van der Waals surface area contributed by atoms with E-state index >= 15 is 0 Å². The van der Waals surface area contributed by atoms with Crippen molar-refractivity contribution >= 4 is 11.8 Å². The third-order valence-electron chi connectivity index (χ3n) is 2.89. The van der Waals surface area contributed by atoms with E-state index in [1.807, 2.05) is 11.8 Å². The Balaban J connectivity index is 2.36. The predicted octanol–water partition coefficient (Wildman–Crippen LogP) is -0.650. The van der Waals surface area contributed by atoms with Gasteiger partial charge in [0.05, 0.1) is 19.1 Å². The van der Waals surface area contributed by atoms with Crippen LogP contribution in [0.1, 0.15) is 19.8 Å². The van der Waals surface area contributed by atoms with Crippen LogP contribution in [0.3, 0.4) is 0 Å². The number of hydrogen-bond acceptors (Lipinski definition) is 4. The quantitative estimate of drug-likeness (QED) is 0.595. The highest BCUT2D eigenvalue weighted by Gasteiger charge is 2.29. The van der Waals surface area contributed by atoms with E-state index in [0.29, 0.717) is 13.2 Å². The number of piperazine rings is 1. The fraction of sp³-hybridized carbons (Fsp3) is 0.833. The van der Waals surface area contributed by atoms with Crippen LogP contribution in [0, 0.1) is 0 Å². The second kappa shape index (κ2) is 8.05. The number of ether oxygens (including phenoxy) is 1. The first-order valence-corrected chi connectivity index (χ1v) is 6.46. The average molecular weight is 257 g/mol. The number of nitrogens with zero attached hydrogens (tertiary/aromatic N) is 1. The fourth-order valence-corrected chi connectivity index (χ4v) is 1.99. The van der Waals surface area contributed by atoms with E-state index in [2.05, 4.69) is 10.6 Å². The summed E-state index contributed by atoms with van der Waals surface area (Å²) in [6.45, 7) is 5.26. The molecule has 1 fully saturated rings. The molecule has 0 aliphatic carbocycles. The maximum Gasteiger partial charge on any atom is 0.240 e. The number of hydrogen-bond donors (Lipinski definition) is 2. The zero-order chi connectivity index (χ0) is 13.4. The number of amides is 2. The lowest BCUT2D eigenvalue weighted by molar-refractivity contribution is -0.138. The topological polar surface area (TPSA) is 70.7 Å². The first kappa shape index (κ1) is 14.9. The van der Waals surface area contributed by atoms with Crippen molar-refractivity contribution in [2.75, 3.05) is 39.9 Å². The van der Waals surface area contributed by atoms with Crippen molar-refractivity contribution < 1.29 is 14.3 Å². The molecule has 2 N–H and O–H groups in total. The summed E-state index contributed by atoms with van der Waals surface area (Å²) in [5.41, 5.74) is 0. The molecule has 0 spiro atoms. The minimum absolute atomic E-state index is 0.0324. The van der Waals surface area contributed by atoms with Gasteiger partial charge in [0.15, 0.2) is 0 Å². The van der Waals surface area contributed by atoms with Gasteiger partial charge < -0.3 is 20.3 Å². The van der Waals surface area contributed by atoms with Crippen molar-refractivity contribution in [3.8, 4) is 0 Å². The summed E-state index contributed by atoms with van der Waals surface area (Å²) in [6, 6.07) is -0.382. The Labute approximate surface area is 108 Å². The second-order valence-electron chi connectivity index (χ2n) is 4.38. The van der Waals surface area contributed by atoms with Crippen molar-refractivity contribution in [3.63, 3.8) is 0 Å². The lowest BCUT2D eigenvalue weighted by Gasteiger charge is -2.32. The van der Waals surface area contributed by atoms with Crippen molar-refractivity contribution in [2.45, 2.75) is 25.8 Å². The van der Waals surface area contributed by atoms with Gasteiger partial charge in [-0.05, 0) is 6.42 Å². The van der Waals surface area contributed by atoms with Gasteiger partial charge in [-0.3, -0.25) is 9.59 Å². The third-order valence-corrected chi connectivity index (χ3v) is 2.89. The zero-order valence-corrected chi connectivity index (χ0v) is 11.2. The van der Waals surface area contributed by atoms with E-state index in [4.69, 9.17) is 4.74 Å². The van der Waals surface area contributed by atoms with Crippen molar-refractivity contribution in [3.05, 3.63) is 0 Å². The third kappa shape index (κ3) is 4.62. The molecular formula is C12H23N3O3. The van der Waals surface area contributed by atoms with Crippen LogP contribution in [0.25, 0.3) is 0 Å². The van der Waals surface area contributed by atoms with Crippen LogP contribution >= 0.6 is 0 Å². The molecule has 104 valence electrons. The van der Waals surface area contributed by atoms with E-state index in [1.54, 1.807) is 7.11 Å². The highest BCUT2D eigenvalue weighted by atomic mass is 16.5. The first-order chi connectivity index (χ1) is 8.69.